The third-order valence-corrected chi connectivity index (χ3v) is 5.25. The van der Waals surface area contributed by atoms with Crippen molar-refractivity contribution in [1.29, 1.82) is 0 Å². The summed E-state index contributed by atoms with van der Waals surface area (Å²) in [6.07, 6.45) is 0. The van der Waals surface area contributed by atoms with Crippen LogP contribution in [0.15, 0.2) is 60.7 Å². The lowest BCUT2D eigenvalue weighted by molar-refractivity contribution is -0.120. The summed E-state index contributed by atoms with van der Waals surface area (Å²) in [5, 5.41) is 4.44. The number of nitrogens with one attached hydrogen (secondary N) is 1. The van der Waals surface area contributed by atoms with Crippen molar-refractivity contribution in [3.05, 3.63) is 71.8 Å². The second-order valence-electron chi connectivity index (χ2n) is 7.81. The maximum absolute atomic E-state index is 13.4. The molecule has 0 radical (unpaired) electrons. The zero-order valence-electron chi connectivity index (χ0n) is 17.2. The molecule has 2 amide bonds. The van der Waals surface area contributed by atoms with Crippen molar-refractivity contribution in [2.24, 2.45) is 0 Å². The Hall–Kier alpha value is -3.48. The van der Waals surface area contributed by atoms with Crippen LogP contribution in [0.5, 0.6) is 11.5 Å². The first-order valence-electron chi connectivity index (χ1n) is 9.96. The van der Waals surface area contributed by atoms with Crippen LogP contribution in [0, 0.1) is 0 Å². The van der Waals surface area contributed by atoms with Crippen molar-refractivity contribution < 1.29 is 23.1 Å². The van der Waals surface area contributed by atoms with E-state index in [2.05, 4.69) is 5.32 Å². The molecule has 3 aromatic carbocycles. The van der Waals surface area contributed by atoms with Crippen LogP contribution in [0.4, 0.5) is 8.78 Å². The van der Waals surface area contributed by atoms with Gasteiger partial charge in [0.05, 0.1) is 6.04 Å². The number of likely N-dealkylation sites (tertiary alicyclic amines) is 1. The van der Waals surface area contributed by atoms with Gasteiger partial charge in [0.25, 0.3) is 11.8 Å². The van der Waals surface area contributed by atoms with Gasteiger partial charge in [-0.05, 0) is 53.9 Å². The van der Waals surface area contributed by atoms with Crippen LogP contribution in [-0.2, 0) is 10.7 Å². The molecule has 0 unspecified atom stereocenters. The van der Waals surface area contributed by atoms with Crippen molar-refractivity contribution in [1.82, 2.24) is 10.2 Å². The van der Waals surface area contributed by atoms with Gasteiger partial charge >= 0.3 is 0 Å². The molecular weight excluding hydrogens is 402 g/mol. The van der Waals surface area contributed by atoms with Crippen LogP contribution in [0.2, 0.25) is 0 Å². The van der Waals surface area contributed by atoms with Crippen LogP contribution >= 0.6 is 0 Å². The fourth-order valence-electron chi connectivity index (χ4n) is 3.62. The Morgan fingerprint density at radius 3 is 2.42 bits per heavy atom. The van der Waals surface area contributed by atoms with Gasteiger partial charge in [-0.25, -0.2) is 8.78 Å². The third kappa shape index (κ3) is 4.50. The number of carbonyl (C=O) groups is 2. The number of hydrogen-bond acceptors (Lipinski definition) is 3. The second-order valence-corrected chi connectivity index (χ2v) is 7.81. The van der Waals surface area contributed by atoms with E-state index in [1.807, 2.05) is 18.2 Å². The van der Waals surface area contributed by atoms with Gasteiger partial charge in [-0.3, -0.25) is 9.59 Å². The zero-order valence-corrected chi connectivity index (χ0v) is 17.2. The van der Waals surface area contributed by atoms with Gasteiger partial charge in [0, 0.05) is 43.5 Å². The number of fused-ring (bicyclic) bond motifs is 1. The summed E-state index contributed by atoms with van der Waals surface area (Å²) < 4.78 is 32.7. The first kappa shape index (κ1) is 20.8. The van der Waals surface area contributed by atoms with Crippen molar-refractivity contribution in [2.45, 2.75) is 25.8 Å². The average molecular weight is 424 g/mol. The average Bonchev–Trinajstić information content (AvgIpc) is 2.69. The summed E-state index contributed by atoms with van der Waals surface area (Å²) in [5.74, 6) is -2.08. The maximum Gasteiger partial charge on any atom is 0.270 e. The maximum atomic E-state index is 13.4. The van der Waals surface area contributed by atoms with E-state index in [1.54, 1.807) is 23.1 Å². The number of amides is 2. The number of nitrogens with zero attached hydrogens (tertiary/aromatic N) is 1. The molecule has 1 N–H and O–H groups in total. The number of halogens is 2. The van der Waals surface area contributed by atoms with E-state index in [4.69, 9.17) is 4.74 Å². The number of carbonyl (C=O) groups excluding carboxylic acids is 2. The first-order chi connectivity index (χ1) is 14.7. The Balaban J connectivity index is 1.51. The van der Waals surface area contributed by atoms with Gasteiger partial charge in [-0.15, -0.1) is 0 Å². The lowest BCUT2D eigenvalue weighted by Gasteiger charge is -2.39. The molecule has 1 aliphatic rings. The highest BCUT2D eigenvalue weighted by Crippen LogP contribution is 2.33. The highest BCUT2D eigenvalue weighted by atomic mass is 19.3. The Morgan fingerprint density at radius 2 is 1.77 bits per heavy atom. The van der Waals surface area contributed by atoms with E-state index < -0.39 is 5.92 Å². The van der Waals surface area contributed by atoms with Gasteiger partial charge in [0.15, 0.2) is 0 Å². The van der Waals surface area contributed by atoms with Crippen LogP contribution in [0.1, 0.15) is 29.8 Å². The van der Waals surface area contributed by atoms with E-state index >= 15 is 0 Å². The lowest BCUT2D eigenvalue weighted by atomic mass is 10.0. The summed E-state index contributed by atoms with van der Waals surface area (Å²) in [6.45, 7) is 3.30. The summed E-state index contributed by atoms with van der Waals surface area (Å²) in [6, 6.07) is 16.6. The van der Waals surface area contributed by atoms with Crippen molar-refractivity contribution in [3.8, 4) is 11.5 Å². The second kappa shape index (κ2) is 7.98. The van der Waals surface area contributed by atoms with E-state index in [0.29, 0.717) is 30.2 Å². The molecule has 0 bridgehead atoms. The van der Waals surface area contributed by atoms with Crippen molar-refractivity contribution >= 4 is 22.6 Å². The topological polar surface area (TPSA) is 58.6 Å². The predicted octanol–water partition coefficient (Wildman–Crippen LogP) is 4.70. The fourth-order valence-corrected chi connectivity index (χ4v) is 3.62. The van der Waals surface area contributed by atoms with Gasteiger partial charge < -0.3 is 15.0 Å². The molecule has 1 fully saturated rings. The molecule has 1 heterocycles. The number of ether oxygens (including phenoxy) is 1. The predicted molar refractivity (Wildman–Crippen MR) is 114 cm³/mol. The van der Waals surface area contributed by atoms with Crippen LogP contribution in [-0.4, -0.2) is 35.8 Å². The first-order valence-corrected chi connectivity index (χ1v) is 9.96. The standard InChI is InChI=1S/C24H22F2N2O3/c1-15(29)27-19-13-28(14-19)23(30)17-6-11-21-16(12-17)4-3-5-22(21)31-20-9-7-18(8-10-20)24(2,25)26/h3-12,19H,13-14H2,1-2H3,(H,27,29). The zero-order chi connectivity index (χ0) is 22.2. The minimum atomic E-state index is -2.90. The number of hydrogen-bond donors (Lipinski definition) is 1. The normalized spacial score (nSPS) is 14.3. The Labute approximate surface area is 178 Å². The third-order valence-electron chi connectivity index (χ3n) is 5.25. The molecule has 3 aromatic rings. The number of alkyl halides is 2. The molecule has 160 valence electrons. The molecule has 7 heteroatoms. The Morgan fingerprint density at radius 1 is 1.06 bits per heavy atom. The summed E-state index contributed by atoms with van der Waals surface area (Å²) in [4.78, 5) is 25.5. The molecule has 4 rings (SSSR count). The minimum Gasteiger partial charge on any atom is -0.457 e. The van der Waals surface area contributed by atoms with E-state index in [0.717, 1.165) is 17.7 Å². The minimum absolute atomic E-state index is 0.000885. The Kier molecular flexibility index (Phi) is 5.35. The lowest BCUT2D eigenvalue weighted by Crippen LogP contribution is -2.60. The largest absolute Gasteiger partial charge is 0.457 e. The molecule has 1 aliphatic heterocycles. The monoisotopic (exact) mass is 424 g/mol. The van der Waals surface area contributed by atoms with Crippen molar-refractivity contribution in [3.63, 3.8) is 0 Å². The highest BCUT2D eigenvalue weighted by molar-refractivity contribution is 6.00. The Bertz CT molecular complexity index is 1130. The van der Waals surface area contributed by atoms with Crippen LogP contribution < -0.4 is 10.1 Å². The molecule has 0 aliphatic carbocycles. The van der Waals surface area contributed by atoms with Crippen LogP contribution in [0.25, 0.3) is 10.8 Å². The van der Waals surface area contributed by atoms with Crippen molar-refractivity contribution in [2.75, 3.05) is 13.1 Å². The summed E-state index contributed by atoms with van der Waals surface area (Å²) >= 11 is 0. The highest BCUT2D eigenvalue weighted by Gasteiger charge is 2.31. The van der Waals surface area contributed by atoms with Gasteiger partial charge in [-0.1, -0.05) is 12.1 Å². The van der Waals surface area contributed by atoms with E-state index in [9.17, 15) is 18.4 Å². The molecular formula is C24H22F2N2O3. The molecule has 0 saturated carbocycles. The fraction of sp³-hybridized carbons (Fsp3) is 0.250. The molecule has 0 spiro atoms. The van der Waals surface area contributed by atoms with Gasteiger partial charge in [0.2, 0.25) is 5.91 Å². The quantitative estimate of drug-likeness (QED) is 0.646. The molecule has 5 nitrogen and oxygen atoms in total. The smallest absolute Gasteiger partial charge is 0.270 e. The molecule has 31 heavy (non-hydrogen) atoms. The van der Waals surface area contributed by atoms with E-state index in [1.165, 1.54) is 31.2 Å². The molecule has 0 atom stereocenters. The number of benzene rings is 3. The molecule has 1 saturated heterocycles. The van der Waals surface area contributed by atoms with Crippen LogP contribution in [0.3, 0.4) is 0 Å². The van der Waals surface area contributed by atoms with E-state index in [-0.39, 0.29) is 23.4 Å². The molecule has 0 aromatic heterocycles. The summed E-state index contributed by atoms with van der Waals surface area (Å²) in [7, 11) is 0. The number of rotatable bonds is 5. The van der Waals surface area contributed by atoms with Gasteiger partial charge in [0.1, 0.15) is 11.5 Å². The SMILES string of the molecule is CC(=O)NC1CN(C(=O)c2ccc3c(Oc4ccc(C(C)(F)F)cc4)cccc3c2)C1. The van der Waals surface area contributed by atoms with Gasteiger partial charge in [-0.2, -0.15) is 0 Å². The summed E-state index contributed by atoms with van der Waals surface area (Å²) in [5.41, 5.74) is 0.480.